The van der Waals surface area contributed by atoms with Crippen LogP contribution in [0.2, 0.25) is 0 Å². The Labute approximate surface area is 134 Å². The number of para-hydroxylation sites is 1. The zero-order valence-electron chi connectivity index (χ0n) is 12.6. The van der Waals surface area contributed by atoms with E-state index in [1.807, 2.05) is 12.1 Å². The summed E-state index contributed by atoms with van der Waals surface area (Å²) in [5.41, 5.74) is 3.90. The van der Waals surface area contributed by atoms with E-state index in [1.54, 1.807) is 0 Å². The molecule has 21 heavy (non-hydrogen) atoms. The molecule has 4 atom stereocenters. The number of hydrogen-bond donors (Lipinski definition) is 2. The SMILES string of the molecule is CC1CCC(C(NN)c2cc3cccc(Br)c3o2)CC1C. The number of halogens is 1. The minimum atomic E-state index is 0.0965. The van der Waals surface area contributed by atoms with Crippen molar-refractivity contribution in [2.24, 2.45) is 23.6 Å². The van der Waals surface area contributed by atoms with Crippen molar-refractivity contribution in [3.63, 3.8) is 0 Å². The molecule has 4 heteroatoms. The first-order chi connectivity index (χ1) is 10.1. The first-order valence-electron chi connectivity index (χ1n) is 7.74. The maximum absolute atomic E-state index is 6.08. The summed E-state index contributed by atoms with van der Waals surface area (Å²) in [5.74, 6) is 8.90. The van der Waals surface area contributed by atoms with Crippen LogP contribution in [0.4, 0.5) is 0 Å². The zero-order chi connectivity index (χ0) is 15.0. The topological polar surface area (TPSA) is 51.2 Å². The Bertz CT molecular complexity index is 624. The standard InChI is InChI=1S/C17H23BrN2O/c1-10-6-7-12(8-11(10)2)16(20-19)15-9-13-4-3-5-14(18)17(13)21-15/h3-5,9-12,16,20H,6-8,19H2,1-2H3. The van der Waals surface area contributed by atoms with Gasteiger partial charge in [0, 0.05) is 5.39 Å². The fraction of sp³-hybridized carbons (Fsp3) is 0.529. The molecule has 0 spiro atoms. The number of benzene rings is 1. The van der Waals surface area contributed by atoms with Gasteiger partial charge in [-0.15, -0.1) is 0 Å². The number of furan rings is 1. The molecule has 0 bridgehead atoms. The van der Waals surface area contributed by atoms with Crippen LogP contribution in [0, 0.1) is 17.8 Å². The van der Waals surface area contributed by atoms with E-state index < -0.39 is 0 Å². The minimum Gasteiger partial charge on any atom is -0.458 e. The van der Waals surface area contributed by atoms with E-state index in [1.165, 1.54) is 19.3 Å². The molecule has 3 nitrogen and oxygen atoms in total. The van der Waals surface area contributed by atoms with Gasteiger partial charge in [0.25, 0.3) is 0 Å². The predicted molar refractivity (Wildman–Crippen MR) is 89.6 cm³/mol. The molecule has 3 N–H and O–H groups in total. The highest BCUT2D eigenvalue weighted by atomic mass is 79.9. The van der Waals surface area contributed by atoms with Crippen LogP contribution < -0.4 is 11.3 Å². The number of hydrogen-bond acceptors (Lipinski definition) is 3. The highest BCUT2D eigenvalue weighted by Gasteiger charge is 2.32. The van der Waals surface area contributed by atoms with Gasteiger partial charge < -0.3 is 4.42 Å². The lowest BCUT2D eigenvalue weighted by Gasteiger charge is -2.35. The van der Waals surface area contributed by atoms with Gasteiger partial charge in [-0.05, 0) is 58.7 Å². The summed E-state index contributed by atoms with van der Waals surface area (Å²) in [4.78, 5) is 0. The Morgan fingerprint density at radius 3 is 2.76 bits per heavy atom. The molecule has 2 aromatic rings. The van der Waals surface area contributed by atoms with Gasteiger partial charge in [0.1, 0.15) is 11.3 Å². The van der Waals surface area contributed by atoms with Crippen LogP contribution in [-0.4, -0.2) is 0 Å². The maximum atomic E-state index is 6.08. The molecule has 1 aliphatic carbocycles. The zero-order valence-corrected chi connectivity index (χ0v) is 14.2. The van der Waals surface area contributed by atoms with E-state index in [2.05, 4.69) is 47.3 Å². The average Bonchev–Trinajstić information content (AvgIpc) is 2.89. The lowest BCUT2D eigenvalue weighted by Crippen LogP contribution is -2.36. The van der Waals surface area contributed by atoms with Crippen molar-refractivity contribution in [2.45, 2.75) is 39.2 Å². The van der Waals surface area contributed by atoms with Gasteiger partial charge >= 0.3 is 0 Å². The molecule has 114 valence electrons. The molecule has 1 aromatic carbocycles. The van der Waals surface area contributed by atoms with Crippen molar-refractivity contribution in [1.29, 1.82) is 0 Å². The summed E-state index contributed by atoms with van der Waals surface area (Å²) < 4.78 is 7.07. The van der Waals surface area contributed by atoms with Gasteiger partial charge in [0.2, 0.25) is 0 Å². The van der Waals surface area contributed by atoms with E-state index in [0.29, 0.717) is 5.92 Å². The van der Waals surface area contributed by atoms with Gasteiger partial charge in [-0.25, -0.2) is 5.43 Å². The molecular formula is C17H23BrN2O. The highest BCUT2D eigenvalue weighted by molar-refractivity contribution is 9.10. The second-order valence-electron chi connectivity index (χ2n) is 6.48. The van der Waals surface area contributed by atoms with E-state index in [4.69, 9.17) is 10.3 Å². The second-order valence-corrected chi connectivity index (χ2v) is 7.33. The molecule has 4 unspecified atom stereocenters. The highest BCUT2D eigenvalue weighted by Crippen LogP contribution is 2.41. The molecule has 1 aromatic heterocycles. The Morgan fingerprint density at radius 2 is 2.10 bits per heavy atom. The van der Waals surface area contributed by atoms with E-state index in [9.17, 15) is 0 Å². The van der Waals surface area contributed by atoms with Crippen molar-refractivity contribution in [2.75, 3.05) is 0 Å². The lowest BCUT2D eigenvalue weighted by molar-refractivity contribution is 0.161. The third-order valence-electron chi connectivity index (χ3n) is 5.11. The van der Waals surface area contributed by atoms with Crippen LogP contribution in [0.25, 0.3) is 11.0 Å². The number of fused-ring (bicyclic) bond motifs is 1. The molecule has 0 aliphatic heterocycles. The minimum absolute atomic E-state index is 0.0965. The molecule has 1 aliphatic rings. The number of hydrazine groups is 1. The quantitative estimate of drug-likeness (QED) is 0.619. The number of nitrogens with one attached hydrogen (secondary N) is 1. The molecule has 1 fully saturated rings. The van der Waals surface area contributed by atoms with Crippen LogP contribution in [-0.2, 0) is 0 Å². The smallest absolute Gasteiger partial charge is 0.148 e. The largest absolute Gasteiger partial charge is 0.458 e. The van der Waals surface area contributed by atoms with Gasteiger partial charge in [-0.1, -0.05) is 32.4 Å². The van der Waals surface area contributed by atoms with Gasteiger partial charge in [-0.2, -0.15) is 0 Å². The van der Waals surface area contributed by atoms with Crippen LogP contribution in [0.1, 0.15) is 44.9 Å². The van der Waals surface area contributed by atoms with Gasteiger partial charge in [0.05, 0.1) is 10.5 Å². The van der Waals surface area contributed by atoms with Crippen molar-refractivity contribution < 1.29 is 4.42 Å². The first-order valence-corrected chi connectivity index (χ1v) is 8.53. The van der Waals surface area contributed by atoms with Crippen molar-refractivity contribution in [3.8, 4) is 0 Å². The van der Waals surface area contributed by atoms with Crippen LogP contribution in [0.3, 0.4) is 0 Å². The van der Waals surface area contributed by atoms with E-state index in [-0.39, 0.29) is 6.04 Å². The summed E-state index contributed by atoms with van der Waals surface area (Å²) in [6.07, 6.45) is 3.68. The summed E-state index contributed by atoms with van der Waals surface area (Å²) in [6.45, 7) is 4.70. The fourth-order valence-electron chi connectivity index (χ4n) is 3.54. The molecule has 1 saturated carbocycles. The van der Waals surface area contributed by atoms with Crippen molar-refractivity contribution in [3.05, 3.63) is 34.5 Å². The monoisotopic (exact) mass is 350 g/mol. The summed E-state index contributed by atoms with van der Waals surface area (Å²) in [7, 11) is 0. The van der Waals surface area contributed by atoms with Gasteiger partial charge in [-0.3, -0.25) is 5.84 Å². The Morgan fingerprint density at radius 1 is 1.29 bits per heavy atom. The van der Waals surface area contributed by atoms with Gasteiger partial charge in [0.15, 0.2) is 0 Å². The van der Waals surface area contributed by atoms with Crippen LogP contribution in [0.15, 0.2) is 33.2 Å². The number of rotatable bonds is 3. The Kier molecular flexibility index (Phi) is 4.38. The maximum Gasteiger partial charge on any atom is 0.148 e. The Hall–Kier alpha value is -0.840. The van der Waals surface area contributed by atoms with Crippen molar-refractivity contribution in [1.82, 2.24) is 5.43 Å². The normalized spacial score (nSPS) is 27.9. The first kappa shape index (κ1) is 15.1. The summed E-state index contributed by atoms with van der Waals surface area (Å²) >= 11 is 3.55. The van der Waals surface area contributed by atoms with Crippen LogP contribution >= 0.6 is 15.9 Å². The Balaban J connectivity index is 1.89. The molecule has 0 radical (unpaired) electrons. The van der Waals surface area contributed by atoms with E-state index >= 15 is 0 Å². The molecule has 0 amide bonds. The van der Waals surface area contributed by atoms with Crippen molar-refractivity contribution >= 4 is 26.9 Å². The molecule has 1 heterocycles. The fourth-order valence-corrected chi connectivity index (χ4v) is 4.01. The van der Waals surface area contributed by atoms with E-state index in [0.717, 1.165) is 33.0 Å². The second kappa shape index (κ2) is 6.11. The third-order valence-corrected chi connectivity index (χ3v) is 5.74. The molecule has 3 rings (SSSR count). The average molecular weight is 351 g/mol. The molecular weight excluding hydrogens is 328 g/mol. The summed E-state index contributed by atoms with van der Waals surface area (Å²) in [5, 5.41) is 1.12. The summed E-state index contributed by atoms with van der Waals surface area (Å²) in [6, 6.07) is 8.32. The molecule has 0 saturated heterocycles. The van der Waals surface area contributed by atoms with Crippen LogP contribution in [0.5, 0.6) is 0 Å². The third kappa shape index (κ3) is 2.89. The number of nitrogens with two attached hydrogens (primary N) is 1. The predicted octanol–water partition coefficient (Wildman–Crippen LogP) is 4.77. The lowest BCUT2D eigenvalue weighted by atomic mass is 9.73.